The standard InChI is InChI=1S/C17H27N3/c1-3-18-13-16(2)14-19-9-11-20(12-10-19)15-17-7-5-4-6-8-17/h4-8,18H,2-3,9-15H2,1H3. The highest BCUT2D eigenvalue weighted by atomic mass is 15.3. The highest BCUT2D eigenvalue weighted by molar-refractivity contribution is 5.14. The second-order valence-electron chi connectivity index (χ2n) is 5.57. The normalized spacial score (nSPS) is 17.2. The summed E-state index contributed by atoms with van der Waals surface area (Å²) in [6.45, 7) is 15.0. The molecule has 2 rings (SSSR count). The van der Waals surface area contributed by atoms with Crippen LogP contribution < -0.4 is 5.32 Å². The number of hydrogen-bond acceptors (Lipinski definition) is 3. The molecule has 1 aliphatic heterocycles. The zero-order valence-electron chi connectivity index (χ0n) is 12.6. The fraction of sp³-hybridized carbons (Fsp3) is 0.529. The molecule has 0 bridgehead atoms. The monoisotopic (exact) mass is 273 g/mol. The van der Waals surface area contributed by atoms with Crippen molar-refractivity contribution in [1.29, 1.82) is 0 Å². The van der Waals surface area contributed by atoms with E-state index in [1.165, 1.54) is 11.1 Å². The van der Waals surface area contributed by atoms with Gasteiger partial charge in [0.25, 0.3) is 0 Å². The molecular formula is C17H27N3. The number of nitrogens with one attached hydrogen (secondary N) is 1. The Labute approximate surface area is 123 Å². The molecule has 1 N–H and O–H groups in total. The zero-order chi connectivity index (χ0) is 14.2. The van der Waals surface area contributed by atoms with Crippen LogP contribution >= 0.6 is 0 Å². The van der Waals surface area contributed by atoms with Crippen molar-refractivity contribution in [2.24, 2.45) is 0 Å². The minimum Gasteiger partial charge on any atom is -0.313 e. The van der Waals surface area contributed by atoms with Crippen molar-refractivity contribution in [2.75, 3.05) is 45.8 Å². The van der Waals surface area contributed by atoms with Crippen LogP contribution in [0, 0.1) is 0 Å². The molecule has 1 aromatic carbocycles. The fourth-order valence-electron chi connectivity index (χ4n) is 2.62. The van der Waals surface area contributed by atoms with Gasteiger partial charge >= 0.3 is 0 Å². The van der Waals surface area contributed by atoms with Gasteiger partial charge in [-0.25, -0.2) is 0 Å². The summed E-state index contributed by atoms with van der Waals surface area (Å²) in [5, 5.41) is 3.34. The minimum absolute atomic E-state index is 0.945. The Morgan fingerprint density at radius 2 is 1.75 bits per heavy atom. The van der Waals surface area contributed by atoms with Gasteiger partial charge in [0.1, 0.15) is 0 Å². The van der Waals surface area contributed by atoms with E-state index in [4.69, 9.17) is 0 Å². The van der Waals surface area contributed by atoms with Crippen LogP contribution in [0.1, 0.15) is 12.5 Å². The van der Waals surface area contributed by atoms with Crippen molar-refractivity contribution in [3.8, 4) is 0 Å². The van der Waals surface area contributed by atoms with E-state index in [1.54, 1.807) is 0 Å². The first-order valence-electron chi connectivity index (χ1n) is 7.64. The molecule has 110 valence electrons. The lowest BCUT2D eigenvalue weighted by molar-refractivity contribution is 0.134. The Kier molecular flexibility index (Phi) is 6.25. The Balaban J connectivity index is 1.68. The molecule has 0 amide bonds. The van der Waals surface area contributed by atoms with Gasteiger partial charge in [-0.05, 0) is 17.7 Å². The molecule has 0 radical (unpaired) electrons. The largest absolute Gasteiger partial charge is 0.313 e. The van der Waals surface area contributed by atoms with Crippen molar-refractivity contribution >= 4 is 0 Å². The van der Waals surface area contributed by atoms with Crippen molar-refractivity contribution in [3.05, 3.63) is 48.0 Å². The Hall–Kier alpha value is -1.16. The first-order chi connectivity index (χ1) is 9.78. The molecule has 1 heterocycles. The Bertz CT molecular complexity index is 394. The zero-order valence-corrected chi connectivity index (χ0v) is 12.6. The lowest BCUT2D eigenvalue weighted by atomic mass is 10.2. The SMILES string of the molecule is C=C(CNCC)CN1CCN(Cc2ccccc2)CC1. The van der Waals surface area contributed by atoms with Crippen LogP contribution in [0.2, 0.25) is 0 Å². The third-order valence-electron chi connectivity index (χ3n) is 3.79. The van der Waals surface area contributed by atoms with Crippen LogP contribution in [0.25, 0.3) is 0 Å². The summed E-state index contributed by atoms with van der Waals surface area (Å²) >= 11 is 0. The maximum atomic E-state index is 4.16. The van der Waals surface area contributed by atoms with E-state index in [-0.39, 0.29) is 0 Å². The molecule has 1 fully saturated rings. The Morgan fingerprint density at radius 1 is 1.10 bits per heavy atom. The molecule has 3 nitrogen and oxygen atoms in total. The average molecular weight is 273 g/mol. The summed E-state index contributed by atoms with van der Waals surface area (Å²) in [7, 11) is 0. The number of rotatable bonds is 7. The molecule has 0 aromatic heterocycles. The first kappa shape index (κ1) is 15.2. The third kappa shape index (κ3) is 5.08. The Morgan fingerprint density at radius 3 is 2.40 bits per heavy atom. The summed E-state index contributed by atoms with van der Waals surface area (Å²) in [5.41, 5.74) is 2.71. The maximum absolute atomic E-state index is 4.16. The molecule has 0 saturated carbocycles. The van der Waals surface area contributed by atoms with Crippen LogP contribution in [0.15, 0.2) is 42.5 Å². The lowest BCUT2D eigenvalue weighted by Gasteiger charge is -2.35. The predicted octanol–water partition coefficient (Wildman–Crippen LogP) is 1.97. The van der Waals surface area contributed by atoms with Gasteiger partial charge in [0.05, 0.1) is 0 Å². The number of hydrogen-bond donors (Lipinski definition) is 1. The van der Waals surface area contributed by atoms with Crippen LogP contribution in [0.4, 0.5) is 0 Å². The number of piperazine rings is 1. The van der Waals surface area contributed by atoms with Crippen LogP contribution in [0.3, 0.4) is 0 Å². The summed E-state index contributed by atoms with van der Waals surface area (Å²) in [5.74, 6) is 0. The highest BCUT2D eigenvalue weighted by Gasteiger charge is 2.17. The molecular weight excluding hydrogens is 246 g/mol. The maximum Gasteiger partial charge on any atom is 0.0234 e. The molecule has 0 spiro atoms. The van der Waals surface area contributed by atoms with Gasteiger partial charge in [-0.2, -0.15) is 0 Å². The van der Waals surface area contributed by atoms with Crippen LogP contribution in [-0.2, 0) is 6.54 Å². The van der Waals surface area contributed by atoms with Crippen LogP contribution in [-0.4, -0.2) is 55.6 Å². The lowest BCUT2D eigenvalue weighted by Crippen LogP contribution is -2.46. The van der Waals surface area contributed by atoms with E-state index in [1.807, 2.05) is 0 Å². The molecule has 1 aliphatic rings. The van der Waals surface area contributed by atoms with E-state index in [0.29, 0.717) is 0 Å². The molecule has 3 heteroatoms. The third-order valence-corrected chi connectivity index (χ3v) is 3.79. The van der Waals surface area contributed by atoms with Gasteiger partial charge in [-0.15, -0.1) is 0 Å². The van der Waals surface area contributed by atoms with Crippen molar-refractivity contribution in [3.63, 3.8) is 0 Å². The van der Waals surface area contributed by atoms with Gasteiger partial charge in [0.2, 0.25) is 0 Å². The number of likely N-dealkylation sites (N-methyl/N-ethyl adjacent to an activating group) is 1. The minimum atomic E-state index is 0.945. The molecule has 0 atom stereocenters. The molecule has 20 heavy (non-hydrogen) atoms. The molecule has 0 unspecified atom stereocenters. The predicted molar refractivity (Wildman–Crippen MR) is 85.8 cm³/mol. The first-order valence-corrected chi connectivity index (χ1v) is 7.64. The topological polar surface area (TPSA) is 18.5 Å². The molecule has 1 saturated heterocycles. The quantitative estimate of drug-likeness (QED) is 0.766. The second-order valence-corrected chi connectivity index (χ2v) is 5.57. The van der Waals surface area contributed by atoms with E-state index in [9.17, 15) is 0 Å². The highest BCUT2D eigenvalue weighted by Crippen LogP contribution is 2.09. The smallest absolute Gasteiger partial charge is 0.0234 e. The van der Waals surface area contributed by atoms with E-state index in [0.717, 1.165) is 52.4 Å². The van der Waals surface area contributed by atoms with Crippen LogP contribution in [0.5, 0.6) is 0 Å². The van der Waals surface area contributed by atoms with Gasteiger partial charge < -0.3 is 5.32 Å². The van der Waals surface area contributed by atoms with E-state index >= 15 is 0 Å². The average Bonchev–Trinajstić information content (AvgIpc) is 2.48. The van der Waals surface area contributed by atoms with Gasteiger partial charge in [-0.1, -0.05) is 43.8 Å². The van der Waals surface area contributed by atoms with Gasteiger partial charge in [0, 0.05) is 45.8 Å². The fourth-order valence-corrected chi connectivity index (χ4v) is 2.62. The number of nitrogens with zero attached hydrogens (tertiary/aromatic N) is 2. The van der Waals surface area contributed by atoms with Gasteiger partial charge in [0.15, 0.2) is 0 Å². The van der Waals surface area contributed by atoms with Crippen molar-refractivity contribution < 1.29 is 0 Å². The second kappa shape index (κ2) is 8.20. The summed E-state index contributed by atoms with van der Waals surface area (Å²) in [4.78, 5) is 5.06. The van der Waals surface area contributed by atoms with E-state index in [2.05, 4.69) is 59.0 Å². The number of benzene rings is 1. The summed E-state index contributed by atoms with van der Waals surface area (Å²) in [6, 6.07) is 10.7. The van der Waals surface area contributed by atoms with Crippen molar-refractivity contribution in [1.82, 2.24) is 15.1 Å². The van der Waals surface area contributed by atoms with Crippen molar-refractivity contribution in [2.45, 2.75) is 13.5 Å². The van der Waals surface area contributed by atoms with Gasteiger partial charge in [-0.3, -0.25) is 9.80 Å². The molecule has 1 aromatic rings. The molecule has 0 aliphatic carbocycles. The van der Waals surface area contributed by atoms with E-state index < -0.39 is 0 Å². The summed E-state index contributed by atoms with van der Waals surface area (Å²) < 4.78 is 0. The summed E-state index contributed by atoms with van der Waals surface area (Å²) in [6.07, 6.45) is 0.